The van der Waals surface area contributed by atoms with Gasteiger partial charge in [0.15, 0.2) is 12.2 Å². The van der Waals surface area contributed by atoms with Crippen molar-refractivity contribution in [2.24, 2.45) is 0 Å². The number of aryl methyl sites for hydroxylation is 1. The zero-order valence-electron chi connectivity index (χ0n) is 26.5. The Morgan fingerprint density at radius 3 is 2.18 bits per heavy atom. The minimum Gasteiger partial charge on any atom is -0.463 e. The number of carbonyl (C=O) groups excluding carboxylic acids is 5. The van der Waals surface area contributed by atoms with Crippen molar-refractivity contribution in [3.8, 4) is 5.88 Å². The Kier molecular flexibility index (Phi) is 12.4. The molecule has 0 aliphatic carbocycles. The number of nitrogens with zero attached hydrogens (tertiary/aromatic N) is 1. The summed E-state index contributed by atoms with van der Waals surface area (Å²) in [6.07, 6.45) is -1.41. The van der Waals surface area contributed by atoms with E-state index in [1.165, 1.54) is 6.92 Å². The molecule has 2 heterocycles. The Labute approximate surface area is 261 Å². The van der Waals surface area contributed by atoms with Gasteiger partial charge in [-0.05, 0) is 29.5 Å². The number of benzene rings is 1. The number of rotatable bonds is 13. The molecule has 2 aromatic rings. The molecule has 0 amide bonds. The van der Waals surface area contributed by atoms with E-state index in [2.05, 4.69) is 10.2 Å². The van der Waals surface area contributed by atoms with Gasteiger partial charge in [0.2, 0.25) is 18.3 Å². The fraction of sp³-hybridized carbons (Fsp3) is 0.500. The number of ether oxygens (including phenoxy) is 6. The van der Waals surface area contributed by atoms with E-state index in [1.807, 2.05) is 45.0 Å². The lowest BCUT2D eigenvalue weighted by Crippen LogP contribution is -2.63. The summed E-state index contributed by atoms with van der Waals surface area (Å²) >= 11 is 0. The number of aldehydes is 1. The SMILES string of the molecule is CC(=O)OC[C@H]1O[C@@H](Oc2n[nH]c(C(C)C)c2Cc2ccc(/C=C/CC=O)cc2C)[C@H](OC(C)=O)[C@@H](OC(C)=O)[C@@H]1OC(C)=O. The number of aromatic amines is 1. The van der Waals surface area contributed by atoms with Gasteiger partial charge in [0, 0.05) is 51.8 Å². The maximum atomic E-state index is 12.2. The molecule has 0 radical (unpaired) electrons. The van der Waals surface area contributed by atoms with Crippen molar-refractivity contribution < 1.29 is 52.4 Å². The summed E-state index contributed by atoms with van der Waals surface area (Å²) in [4.78, 5) is 58.7. The van der Waals surface area contributed by atoms with Crippen molar-refractivity contribution in [1.82, 2.24) is 10.2 Å². The van der Waals surface area contributed by atoms with Crippen molar-refractivity contribution in [2.45, 2.75) is 97.9 Å². The van der Waals surface area contributed by atoms with Crippen LogP contribution in [0.1, 0.15) is 81.8 Å². The van der Waals surface area contributed by atoms with Crippen LogP contribution in [-0.2, 0) is 54.1 Å². The van der Waals surface area contributed by atoms with Crippen LogP contribution in [-0.4, -0.2) is 77.7 Å². The van der Waals surface area contributed by atoms with Crippen LogP contribution in [0.3, 0.4) is 0 Å². The number of nitrogens with one attached hydrogen (secondary N) is 1. The van der Waals surface area contributed by atoms with Crippen LogP contribution in [0.25, 0.3) is 6.08 Å². The fourth-order valence-corrected chi connectivity index (χ4v) is 4.97. The molecule has 1 aliphatic rings. The molecule has 0 spiro atoms. The average molecular weight is 629 g/mol. The van der Waals surface area contributed by atoms with Gasteiger partial charge in [-0.25, -0.2) is 0 Å². The molecule has 0 saturated carbocycles. The number of allylic oxidation sites excluding steroid dienone is 1. The lowest BCUT2D eigenvalue weighted by Gasteiger charge is -2.43. The Balaban J connectivity index is 2.04. The standard InChI is InChI=1S/C32H40N2O11/c1-17(2)27-25(15-24-12-11-23(14-18(24)3)10-8-9-13-35)31(34-33-27)45-32-30(43-22(7)39)29(42-21(6)38)28(41-20(5)37)26(44-32)16-40-19(4)36/h8,10-14,17,26,28-30,32H,9,15-16H2,1-7H3,(H,33,34)/b10-8+/t26-,28-,29+,30-,32+/m1/s1. The van der Waals surface area contributed by atoms with Crippen molar-refractivity contribution >= 4 is 36.2 Å². The van der Waals surface area contributed by atoms with Crippen LogP contribution >= 0.6 is 0 Å². The van der Waals surface area contributed by atoms with Gasteiger partial charge in [-0.3, -0.25) is 24.3 Å². The topological polar surface area (TPSA) is 169 Å². The van der Waals surface area contributed by atoms with E-state index in [0.717, 1.165) is 49.4 Å². The van der Waals surface area contributed by atoms with Crippen LogP contribution in [0, 0.1) is 6.92 Å². The molecule has 1 aromatic carbocycles. The Morgan fingerprint density at radius 1 is 0.956 bits per heavy atom. The van der Waals surface area contributed by atoms with Crippen molar-refractivity contribution in [2.75, 3.05) is 6.61 Å². The summed E-state index contributed by atoms with van der Waals surface area (Å²) < 4.78 is 34.0. The molecular weight excluding hydrogens is 588 g/mol. The molecule has 0 unspecified atom stereocenters. The van der Waals surface area contributed by atoms with E-state index in [9.17, 15) is 24.0 Å². The number of hydrogen-bond acceptors (Lipinski definition) is 12. The molecule has 13 nitrogen and oxygen atoms in total. The molecular formula is C32H40N2O11. The van der Waals surface area contributed by atoms with Crippen molar-refractivity contribution in [3.63, 3.8) is 0 Å². The molecule has 1 fully saturated rings. The highest BCUT2D eigenvalue weighted by molar-refractivity contribution is 5.69. The first-order valence-electron chi connectivity index (χ1n) is 14.5. The molecule has 244 valence electrons. The molecule has 3 rings (SSSR count). The van der Waals surface area contributed by atoms with E-state index < -0.39 is 54.6 Å². The molecule has 13 heteroatoms. The van der Waals surface area contributed by atoms with Crippen LogP contribution in [0.15, 0.2) is 24.3 Å². The van der Waals surface area contributed by atoms with Gasteiger partial charge in [0.25, 0.3) is 0 Å². The number of carbonyl (C=O) groups is 5. The van der Waals surface area contributed by atoms with Crippen LogP contribution in [0.5, 0.6) is 5.88 Å². The monoisotopic (exact) mass is 628 g/mol. The van der Waals surface area contributed by atoms with Gasteiger partial charge in [-0.2, -0.15) is 0 Å². The van der Waals surface area contributed by atoms with E-state index >= 15 is 0 Å². The summed E-state index contributed by atoms with van der Waals surface area (Å²) in [5.41, 5.74) is 4.44. The van der Waals surface area contributed by atoms with Gasteiger partial charge in [-0.1, -0.05) is 44.2 Å². The maximum Gasteiger partial charge on any atom is 0.303 e. The zero-order chi connectivity index (χ0) is 33.3. The lowest BCUT2D eigenvalue weighted by atomic mass is 9.95. The summed E-state index contributed by atoms with van der Waals surface area (Å²) in [7, 11) is 0. The smallest absolute Gasteiger partial charge is 0.303 e. The first kappa shape index (κ1) is 35.0. The molecule has 1 aliphatic heterocycles. The van der Waals surface area contributed by atoms with E-state index in [-0.39, 0.29) is 18.4 Å². The van der Waals surface area contributed by atoms with Crippen molar-refractivity contribution in [1.29, 1.82) is 0 Å². The number of aromatic nitrogens is 2. The predicted molar refractivity (Wildman–Crippen MR) is 159 cm³/mol. The first-order valence-corrected chi connectivity index (χ1v) is 14.5. The highest BCUT2D eigenvalue weighted by Crippen LogP contribution is 2.34. The highest BCUT2D eigenvalue weighted by Gasteiger charge is 2.53. The summed E-state index contributed by atoms with van der Waals surface area (Å²) in [6.45, 7) is 10.2. The molecule has 45 heavy (non-hydrogen) atoms. The largest absolute Gasteiger partial charge is 0.463 e. The van der Waals surface area contributed by atoms with Gasteiger partial charge < -0.3 is 33.2 Å². The van der Waals surface area contributed by atoms with Gasteiger partial charge in [-0.15, -0.1) is 5.10 Å². The summed E-state index contributed by atoms with van der Waals surface area (Å²) in [6, 6.07) is 5.93. The number of hydrogen-bond donors (Lipinski definition) is 1. The number of H-pyrrole nitrogens is 1. The van der Waals surface area contributed by atoms with E-state index in [4.69, 9.17) is 28.4 Å². The minimum atomic E-state index is -1.42. The molecule has 0 bridgehead atoms. The van der Waals surface area contributed by atoms with Crippen LogP contribution < -0.4 is 4.74 Å². The fourth-order valence-electron chi connectivity index (χ4n) is 4.97. The first-order chi connectivity index (χ1) is 21.3. The maximum absolute atomic E-state index is 12.2. The van der Waals surface area contributed by atoms with E-state index in [0.29, 0.717) is 18.4 Å². The molecule has 1 aromatic heterocycles. The molecule has 5 atom stereocenters. The minimum absolute atomic E-state index is 0.0195. The zero-order valence-corrected chi connectivity index (χ0v) is 26.5. The molecule has 1 N–H and O–H groups in total. The predicted octanol–water partition coefficient (Wildman–Crippen LogP) is 3.50. The van der Waals surface area contributed by atoms with Crippen molar-refractivity contribution in [3.05, 3.63) is 52.2 Å². The average Bonchev–Trinajstić information content (AvgIpc) is 3.34. The summed E-state index contributed by atoms with van der Waals surface area (Å²) in [5.74, 6) is -2.67. The molecule has 1 saturated heterocycles. The summed E-state index contributed by atoms with van der Waals surface area (Å²) in [5, 5.41) is 7.43. The number of esters is 4. The van der Waals surface area contributed by atoms with Crippen LogP contribution in [0.2, 0.25) is 0 Å². The quantitative estimate of drug-likeness (QED) is 0.195. The highest BCUT2D eigenvalue weighted by atomic mass is 16.7. The Morgan fingerprint density at radius 2 is 1.60 bits per heavy atom. The van der Waals surface area contributed by atoms with Gasteiger partial charge in [0.05, 0.1) is 0 Å². The second kappa shape index (κ2) is 16.0. The second-order valence-electron chi connectivity index (χ2n) is 10.9. The Bertz CT molecular complexity index is 1410. The van der Waals surface area contributed by atoms with Gasteiger partial charge >= 0.3 is 23.9 Å². The normalized spacial score (nSPS) is 21.3. The Hall–Kier alpha value is -4.52. The van der Waals surface area contributed by atoms with E-state index in [1.54, 1.807) is 6.08 Å². The third-order valence-electron chi connectivity index (χ3n) is 6.89. The third kappa shape index (κ3) is 9.73. The van der Waals surface area contributed by atoms with Crippen LogP contribution in [0.4, 0.5) is 0 Å². The second-order valence-corrected chi connectivity index (χ2v) is 10.9. The lowest BCUT2D eigenvalue weighted by molar-refractivity contribution is -0.289. The van der Waals surface area contributed by atoms with Gasteiger partial charge in [0.1, 0.15) is 19.0 Å². The third-order valence-corrected chi connectivity index (χ3v) is 6.89.